The van der Waals surface area contributed by atoms with Crippen molar-refractivity contribution in [1.29, 1.82) is 0 Å². The summed E-state index contributed by atoms with van der Waals surface area (Å²) in [5.74, 6) is 0. The van der Waals surface area contributed by atoms with Crippen LogP contribution in [0.3, 0.4) is 0 Å². The van der Waals surface area contributed by atoms with Gasteiger partial charge in [-0.05, 0) is 49.5 Å². The molecule has 1 heterocycles. The molecule has 1 saturated heterocycles. The third-order valence-electron chi connectivity index (χ3n) is 5.36. The van der Waals surface area contributed by atoms with Gasteiger partial charge in [0.05, 0.1) is 0 Å². The van der Waals surface area contributed by atoms with Crippen LogP contribution in [0.25, 0.3) is 0 Å². The van der Waals surface area contributed by atoms with E-state index in [1.165, 1.54) is 51.7 Å². The minimum Gasteiger partial charge on any atom is -0.302 e. The SMILES string of the molecule is CCC(CC)(CBr)CN1CCC(CC)(CC)C1. The van der Waals surface area contributed by atoms with Gasteiger partial charge in [0.1, 0.15) is 0 Å². The Morgan fingerprint density at radius 2 is 1.71 bits per heavy atom. The predicted molar refractivity (Wildman–Crippen MR) is 80.9 cm³/mol. The highest BCUT2D eigenvalue weighted by Crippen LogP contribution is 2.39. The van der Waals surface area contributed by atoms with Crippen LogP contribution in [0.15, 0.2) is 0 Å². The summed E-state index contributed by atoms with van der Waals surface area (Å²) in [5, 5.41) is 1.15. The number of hydrogen-bond acceptors (Lipinski definition) is 1. The zero-order valence-corrected chi connectivity index (χ0v) is 13.8. The maximum atomic E-state index is 3.74. The van der Waals surface area contributed by atoms with Crippen molar-refractivity contribution >= 4 is 15.9 Å². The van der Waals surface area contributed by atoms with Crippen LogP contribution in [-0.2, 0) is 0 Å². The van der Waals surface area contributed by atoms with E-state index in [1.807, 2.05) is 0 Å². The monoisotopic (exact) mass is 303 g/mol. The smallest absolute Gasteiger partial charge is 0.01000 e. The second kappa shape index (κ2) is 6.56. The van der Waals surface area contributed by atoms with Crippen molar-refractivity contribution in [1.82, 2.24) is 4.90 Å². The molecule has 0 radical (unpaired) electrons. The summed E-state index contributed by atoms with van der Waals surface area (Å²) >= 11 is 3.74. The van der Waals surface area contributed by atoms with Crippen molar-refractivity contribution in [3.8, 4) is 0 Å². The van der Waals surface area contributed by atoms with Crippen LogP contribution in [0.4, 0.5) is 0 Å². The van der Waals surface area contributed by atoms with Crippen molar-refractivity contribution in [2.45, 2.75) is 59.8 Å². The summed E-state index contributed by atoms with van der Waals surface area (Å²) in [5.41, 5.74) is 1.12. The second-order valence-corrected chi connectivity index (χ2v) is 6.57. The molecule has 2 heteroatoms. The van der Waals surface area contributed by atoms with Gasteiger partial charge in [0.25, 0.3) is 0 Å². The minimum absolute atomic E-state index is 0.498. The Kier molecular flexibility index (Phi) is 5.98. The number of nitrogens with zero attached hydrogens (tertiary/aromatic N) is 1. The average Bonchev–Trinajstić information content (AvgIpc) is 2.80. The zero-order chi connectivity index (χ0) is 12.9. The second-order valence-electron chi connectivity index (χ2n) is 6.01. The Morgan fingerprint density at radius 3 is 2.06 bits per heavy atom. The number of rotatable bonds is 7. The Morgan fingerprint density at radius 1 is 1.12 bits per heavy atom. The van der Waals surface area contributed by atoms with Gasteiger partial charge < -0.3 is 4.90 Å². The highest BCUT2D eigenvalue weighted by Gasteiger charge is 2.37. The molecule has 0 aromatic rings. The topological polar surface area (TPSA) is 3.24 Å². The van der Waals surface area contributed by atoms with Gasteiger partial charge in [-0.15, -0.1) is 0 Å². The van der Waals surface area contributed by atoms with E-state index in [4.69, 9.17) is 0 Å². The minimum atomic E-state index is 0.498. The van der Waals surface area contributed by atoms with E-state index in [-0.39, 0.29) is 0 Å². The molecule has 1 fully saturated rings. The van der Waals surface area contributed by atoms with Gasteiger partial charge in [0.2, 0.25) is 0 Å². The van der Waals surface area contributed by atoms with E-state index in [2.05, 4.69) is 48.5 Å². The summed E-state index contributed by atoms with van der Waals surface area (Å²) in [6.07, 6.45) is 6.68. The van der Waals surface area contributed by atoms with E-state index < -0.39 is 0 Å². The summed E-state index contributed by atoms with van der Waals surface area (Å²) in [4.78, 5) is 2.72. The molecule has 0 spiro atoms. The molecule has 102 valence electrons. The number of hydrogen-bond donors (Lipinski definition) is 0. The summed E-state index contributed by atoms with van der Waals surface area (Å²) in [7, 11) is 0. The molecule has 0 saturated carbocycles. The first-order valence-electron chi connectivity index (χ1n) is 7.37. The van der Waals surface area contributed by atoms with E-state index in [0.717, 1.165) is 5.33 Å². The predicted octanol–water partition coefficient (Wildman–Crippen LogP) is 4.70. The molecule has 0 unspecified atom stereocenters. The third-order valence-corrected chi connectivity index (χ3v) is 6.55. The first kappa shape index (κ1) is 15.5. The molecule has 1 rings (SSSR count). The van der Waals surface area contributed by atoms with E-state index in [1.54, 1.807) is 0 Å². The molecular weight excluding hydrogens is 274 g/mol. The van der Waals surface area contributed by atoms with Gasteiger partial charge in [-0.3, -0.25) is 0 Å². The van der Waals surface area contributed by atoms with Crippen LogP contribution in [0.2, 0.25) is 0 Å². The van der Waals surface area contributed by atoms with Crippen LogP contribution >= 0.6 is 15.9 Å². The van der Waals surface area contributed by atoms with Gasteiger partial charge in [0.15, 0.2) is 0 Å². The highest BCUT2D eigenvalue weighted by atomic mass is 79.9. The third kappa shape index (κ3) is 3.47. The van der Waals surface area contributed by atoms with Gasteiger partial charge in [-0.1, -0.05) is 43.6 Å². The molecule has 1 aliphatic heterocycles. The molecule has 0 aliphatic carbocycles. The van der Waals surface area contributed by atoms with Crippen LogP contribution in [-0.4, -0.2) is 29.9 Å². The van der Waals surface area contributed by atoms with Crippen LogP contribution in [0, 0.1) is 10.8 Å². The largest absolute Gasteiger partial charge is 0.302 e. The standard InChI is InChI=1S/C15H30BrN/c1-5-14(6-2)9-10-17(12-14)13-15(7-3,8-4)11-16/h5-13H2,1-4H3. The molecule has 0 amide bonds. The van der Waals surface area contributed by atoms with Gasteiger partial charge in [-0.25, -0.2) is 0 Å². The van der Waals surface area contributed by atoms with Gasteiger partial charge in [0, 0.05) is 18.4 Å². The van der Waals surface area contributed by atoms with E-state index in [9.17, 15) is 0 Å². The molecule has 0 N–H and O–H groups in total. The Labute approximate surface area is 116 Å². The Bertz CT molecular complexity index is 211. The molecule has 0 aromatic heterocycles. The first-order chi connectivity index (χ1) is 8.09. The normalized spacial score (nSPS) is 21.0. The first-order valence-corrected chi connectivity index (χ1v) is 8.49. The quantitative estimate of drug-likeness (QED) is 0.616. The number of likely N-dealkylation sites (tertiary alicyclic amines) is 1. The summed E-state index contributed by atoms with van der Waals surface area (Å²) < 4.78 is 0. The van der Waals surface area contributed by atoms with Crippen LogP contribution < -0.4 is 0 Å². The van der Waals surface area contributed by atoms with Crippen molar-refractivity contribution in [2.24, 2.45) is 10.8 Å². The molecule has 0 aromatic carbocycles. The maximum absolute atomic E-state index is 3.74. The molecule has 0 atom stereocenters. The number of alkyl halides is 1. The van der Waals surface area contributed by atoms with Crippen LogP contribution in [0.5, 0.6) is 0 Å². The fourth-order valence-electron chi connectivity index (χ4n) is 3.17. The Hall–Kier alpha value is 0.440. The van der Waals surface area contributed by atoms with E-state index >= 15 is 0 Å². The van der Waals surface area contributed by atoms with Crippen LogP contribution in [0.1, 0.15) is 59.8 Å². The lowest BCUT2D eigenvalue weighted by Crippen LogP contribution is -2.38. The van der Waals surface area contributed by atoms with Crippen molar-refractivity contribution in [3.63, 3.8) is 0 Å². The van der Waals surface area contributed by atoms with E-state index in [0.29, 0.717) is 10.8 Å². The van der Waals surface area contributed by atoms with Crippen molar-refractivity contribution in [3.05, 3.63) is 0 Å². The average molecular weight is 304 g/mol. The lowest BCUT2D eigenvalue weighted by Gasteiger charge is -2.35. The van der Waals surface area contributed by atoms with Crippen molar-refractivity contribution < 1.29 is 0 Å². The maximum Gasteiger partial charge on any atom is 0.01000 e. The van der Waals surface area contributed by atoms with Crippen molar-refractivity contribution in [2.75, 3.05) is 25.0 Å². The molecule has 1 nitrogen and oxygen atoms in total. The van der Waals surface area contributed by atoms with Gasteiger partial charge >= 0.3 is 0 Å². The molecule has 1 aliphatic rings. The molecular formula is C15H30BrN. The fraction of sp³-hybridized carbons (Fsp3) is 1.00. The lowest BCUT2D eigenvalue weighted by molar-refractivity contribution is 0.162. The number of halogens is 1. The van der Waals surface area contributed by atoms with Gasteiger partial charge in [-0.2, -0.15) is 0 Å². The zero-order valence-electron chi connectivity index (χ0n) is 12.2. The summed E-state index contributed by atoms with van der Waals surface area (Å²) in [6.45, 7) is 13.3. The fourth-order valence-corrected chi connectivity index (χ4v) is 4.14. The highest BCUT2D eigenvalue weighted by molar-refractivity contribution is 9.09. The molecule has 0 bridgehead atoms. The lowest BCUT2D eigenvalue weighted by atomic mass is 9.81. The molecule has 17 heavy (non-hydrogen) atoms. The Balaban J connectivity index is 2.60. The summed E-state index contributed by atoms with van der Waals surface area (Å²) in [6, 6.07) is 0.